The Morgan fingerprint density at radius 3 is 2.48 bits per heavy atom. The van der Waals surface area contributed by atoms with Crippen molar-refractivity contribution in [3.8, 4) is 0 Å². The molecule has 1 aliphatic heterocycles. The number of rotatable bonds is 3. The number of hydrogen-bond acceptors (Lipinski definition) is 3. The topological polar surface area (TPSA) is 63.4 Å². The predicted molar refractivity (Wildman–Crippen MR) is 94.2 cm³/mol. The number of hydrogen-bond donors (Lipinski definition) is 0. The normalized spacial score (nSPS) is 15.3. The van der Waals surface area contributed by atoms with E-state index in [0.29, 0.717) is 31.9 Å². The number of aryl methyl sites for hydroxylation is 3. The minimum absolute atomic E-state index is 0.0281. The lowest BCUT2D eigenvalue weighted by atomic mass is 10.3. The van der Waals surface area contributed by atoms with E-state index >= 15 is 0 Å². The van der Waals surface area contributed by atoms with Crippen molar-refractivity contribution in [2.24, 2.45) is 7.05 Å². The van der Waals surface area contributed by atoms with E-state index in [-0.39, 0.29) is 18.4 Å². The van der Waals surface area contributed by atoms with E-state index in [2.05, 4.69) is 5.10 Å². The molecule has 0 N–H and O–H groups in total. The Kier molecular flexibility index (Phi) is 4.92. The van der Waals surface area contributed by atoms with Crippen LogP contribution in [0.15, 0.2) is 24.4 Å². The number of carbonyl (C=O) groups is 2. The fraction of sp³-hybridized carbons (Fsp3) is 0.500. The average Bonchev–Trinajstić information content (AvgIpc) is 3.02. The second-order valence-corrected chi connectivity index (χ2v) is 6.62. The lowest BCUT2D eigenvalue weighted by molar-refractivity contribution is -0.131. The summed E-state index contributed by atoms with van der Waals surface area (Å²) in [4.78, 5) is 28.9. The Bertz CT molecular complexity index is 776. The summed E-state index contributed by atoms with van der Waals surface area (Å²) in [6.45, 7) is 6.61. The third-order valence-electron chi connectivity index (χ3n) is 4.69. The van der Waals surface area contributed by atoms with E-state index in [1.165, 1.54) is 0 Å². The molecule has 2 amide bonds. The highest BCUT2D eigenvalue weighted by Crippen LogP contribution is 2.11. The van der Waals surface area contributed by atoms with Gasteiger partial charge in [-0.05, 0) is 38.5 Å². The van der Waals surface area contributed by atoms with Gasteiger partial charge in [-0.15, -0.1) is 0 Å². The van der Waals surface area contributed by atoms with Crippen LogP contribution in [0.1, 0.15) is 28.3 Å². The lowest BCUT2D eigenvalue weighted by Crippen LogP contribution is -2.39. The van der Waals surface area contributed by atoms with Crippen molar-refractivity contribution in [2.45, 2.75) is 26.8 Å². The van der Waals surface area contributed by atoms with Gasteiger partial charge in [-0.2, -0.15) is 5.10 Å². The zero-order chi connectivity index (χ0) is 18.0. The summed E-state index contributed by atoms with van der Waals surface area (Å²) in [7, 11) is 1.87. The first kappa shape index (κ1) is 17.3. The molecule has 0 aromatic carbocycles. The summed E-state index contributed by atoms with van der Waals surface area (Å²) < 4.78 is 3.58. The highest BCUT2D eigenvalue weighted by molar-refractivity contribution is 5.92. The Morgan fingerprint density at radius 1 is 1.12 bits per heavy atom. The molecular weight excluding hydrogens is 318 g/mol. The fourth-order valence-corrected chi connectivity index (χ4v) is 3.28. The third kappa shape index (κ3) is 3.75. The molecule has 0 aliphatic carbocycles. The molecule has 0 saturated carbocycles. The summed E-state index contributed by atoms with van der Waals surface area (Å²) in [6, 6.07) is 5.67. The zero-order valence-corrected chi connectivity index (χ0v) is 15.1. The van der Waals surface area contributed by atoms with Crippen molar-refractivity contribution in [2.75, 3.05) is 26.2 Å². The van der Waals surface area contributed by atoms with Crippen molar-refractivity contribution >= 4 is 11.8 Å². The van der Waals surface area contributed by atoms with Crippen molar-refractivity contribution in [3.05, 3.63) is 41.5 Å². The maximum absolute atomic E-state index is 12.6. The summed E-state index contributed by atoms with van der Waals surface area (Å²) in [5, 5.41) is 4.36. The Labute approximate surface area is 147 Å². The van der Waals surface area contributed by atoms with Crippen LogP contribution in [0.2, 0.25) is 0 Å². The minimum atomic E-state index is 0.0281. The SMILES string of the molecule is Cc1cc(C)n(CC(=O)N2CCCN(C(=O)c3cccn3C)CC2)n1. The maximum atomic E-state index is 12.6. The molecule has 2 aromatic heterocycles. The largest absolute Gasteiger partial charge is 0.347 e. The smallest absolute Gasteiger partial charge is 0.270 e. The van der Waals surface area contributed by atoms with E-state index in [9.17, 15) is 9.59 Å². The molecule has 25 heavy (non-hydrogen) atoms. The average molecular weight is 343 g/mol. The molecular formula is C18H25N5O2. The molecule has 0 radical (unpaired) electrons. The summed E-state index contributed by atoms with van der Waals surface area (Å²) in [5.41, 5.74) is 2.59. The van der Waals surface area contributed by atoms with Gasteiger partial charge < -0.3 is 14.4 Å². The van der Waals surface area contributed by atoms with Crippen LogP contribution in [-0.2, 0) is 18.4 Å². The summed E-state index contributed by atoms with van der Waals surface area (Å²) in [5.74, 6) is 0.0831. The summed E-state index contributed by atoms with van der Waals surface area (Å²) >= 11 is 0. The van der Waals surface area contributed by atoms with Gasteiger partial charge >= 0.3 is 0 Å². The van der Waals surface area contributed by atoms with Crippen LogP contribution in [0.3, 0.4) is 0 Å². The molecule has 3 rings (SSSR count). The van der Waals surface area contributed by atoms with Crippen LogP contribution >= 0.6 is 0 Å². The van der Waals surface area contributed by atoms with E-state index in [0.717, 1.165) is 17.8 Å². The van der Waals surface area contributed by atoms with Crippen LogP contribution < -0.4 is 0 Å². The van der Waals surface area contributed by atoms with E-state index in [1.54, 1.807) is 4.68 Å². The molecule has 1 aliphatic rings. The number of amides is 2. The van der Waals surface area contributed by atoms with Gasteiger partial charge in [0.1, 0.15) is 12.2 Å². The zero-order valence-electron chi connectivity index (χ0n) is 15.1. The Hall–Kier alpha value is -2.57. The van der Waals surface area contributed by atoms with E-state index in [4.69, 9.17) is 0 Å². The second kappa shape index (κ2) is 7.13. The third-order valence-corrected chi connectivity index (χ3v) is 4.69. The van der Waals surface area contributed by atoms with Gasteiger partial charge in [0.2, 0.25) is 5.91 Å². The van der Waals surface area contributed by atoms with Gasteiger partial charge in [-0.25, -0.2) is 0 Å². The molecule has 3 heterocycles. The molecule has 0 spiro atoms. The van der Waals surface area contributed by atoms with Crippen molar-refractivity contribution in [1.82, 2.24) is 24.1 Å². The Morgan fingerprint density at radius 2 is 1.84 bits per heavy atom. The Balaban J connectivity index is 1.61. The first-order valence-corrected chi connectivity index (χ1v) is 8.65. The quantitative estimate of drug-likeness (QED) is 0.842. The van der Waals surface area contributed by atoms with Crippen molar-refractivity contribution in [3.63, 3.8) is 0 Å². The molecule has 1 fully saturated rings. The van der Waals surface area contributed by atoms with Gasteiger partial charge in [0.15, 0.2) is 0 Å². The number of aromatic nitrogens is 3. The van der Waals surface area contributed by atoms with Gasteiger partial charge in [0.25, 0.3) is 5.91 Å². The molecule has 134 valence electrons. The molecule has 0 bridgehead atoms. The van der Waals surface area contributed by atoms with Crippen LogP contribution in [0.5, 0.6) is 0 Å². The molecule has 0 unspecified atom stereocenters. The molecule has 1 saturated heterocycles. The van der Waals surface area contributed by atoms with Crippen LogP contribution in [0.4, 0.5) is 0 Å². The minimum Gasteiger partial charge on any atom is -0.347 e. The molecule has 2 aromatic rings. The maximum Gasteiger partial charge on any atom is 0.270 e. The monoisotopic (exact) mass is 343 g/mol. The van der Waals surface area contributed by atoms with Crippen LogP contribution in [0, 0.1) is 13.8 Å². The summed E-state index contributed by atoms with van der Waals surface area (Å²) in [6.07, 6.45) is 2.66. The number of carbonyl (C=O) groups excluding carboxylic acids is 2. The van der Waals surface area contributed by atoms with Crippen molar-refractivity contribution < 1.29 is 9.59 Å². The lowest BCUT2D eigenvalue weighted by Gasteiger charge is -2.22. The van der Waals surface area contributed by atoms with Gasteiger partial charge in [0, 0.05) is 45.1 Å². The molecule has 0 atom stereocenters. The predicted octanol–water partition coefficient (Wildman–Crippen LogP) is 1.21. The van der Waals surface area contributed by atoms with Crippen LogP contribution in [-0.4, -0.2) is 62.1 Å². The highest BCUT2D eigenvalue weighted by atomic mass is 16.2. The van der Waals surface area contributed by atoms with Gasteiger partial charge in [-0.1, -0.05) is 0 Å². The highest BCUT2D eigenvalue weighted by Gasteiger charge is 2.24. The second-order valence-electron chi connectivity index (χ2n) is 6.62. The van der Waals surface area contributed by atoms with Gasteiger partial charge in [-0.3, -0.25) is 14.3 Å². The van der Waals surface area contributed by atoms with Gasteiger partial charge in [0.05, 0.1) is 5.69 Å². The molecule has 7 heteroatoms. The standard InChI is InChI=1S/C18H25N5O2/c1-14-12-15(2)23(19-14)13-17(24)21-8-5-9-22(11-10-21)18(25)16-6-4-7-20(16)3/h4,6-7,12H,5,8-11,13H2,1-3H3. The first-order valence-electron chi connectivity index (χ1n) is 8.65. The van der Waals surface area contributed by atoms with Crippen LogP contribution in [0.25, 0.3) is 0 Å². The number of nitrogens with zero attached hydrogens (tertiary/aromatic N) is 5. The van der Waals surface area contributed by atoms with Crippen molar-refractivity contribution in [1.29, 1.82) is 0 Å². The van der Waals surface area contributed by atoms with E-state index in [1.807, 2.05) is 59.7 Å². The molecule has 7 nitrogen and oxygen atoms in total. The fourth-order valence-electron chi connectivity index (χ4n) is 3.28. The van der Waals surface area contributed by atoms with E-state index < -0.39 is 0 Å². The first-order chi connectivity index (χ1) is 12.0.